The molecular weight excluding hydrogens is 258 g/mol. The monoisotopic (exact) mass is 289 g/mol. The molecule has 118 valence electrons. The molecule has 0 aromatic carbocycles. The number of aromatic nitrogens is 1. The van der Waals surface area contributed by atoms with Crippen molar-refractivity contribution in [1.29, 1.82) is 0 Å². The quantitative estimate of drug-likeness (QED) is 0.920. The van der Waals surface area contributed by atoms with Crippen LogP contribution in [-0.4, -0.2) is 25.1 Å². The van der Waals surface area contributed by atoms with Gasteiger partial charge < -0.3 is 10.2 Å². The average Bonchev–Trinajstić information content (AvgIpc) is 2.41. The van der Waals surface area contributed by atoms with Crippen molar-refractivity contribution in [2.45, 2.75) is 54.0 Å². The second-order valence-corrected chi connectivity index (χ2v) is 7.54. The van der Waals surface area contributed by atoms with E-state index in [1.807, 2.05) is 7.05 Å². The van der Waals surface area contributed by atoms with Crippen molar-refractivity contribution in [3.05, 3.63) is 22.9 Å². The van der Waals surface area contributed by atoms with Gasteiger partial charge in [-0.2, -0.15) is 0 Å². The predicted molar refractivity (Wildman–Crippen MR) is 90.9 cm³/mol. The molecule has 0 aliphatic carbocycles. The maximum absolute atomic E-state index is 4.85. The van der Waals surface area contributed by atoms with Crippen LogP contribution in [0.25, 0.3) is 0 Å². The Morgan fingerprint density at radius 3 is 2.38 bits per heavy atom. The topological polar surface area (TPSA) is 28.2 Å². The molecular formula is C18H31N3. The summed E-state index contributed by atoms with van der Waals surface area (Å²) in [4.78, 5) is 7.34. The van der Waals surface area contributed by atoms with Gasteiger partial charge in [-0.25, -0.2) is 4.98 Å². The molecule has 0 spiro atoms. The van der Waals surface area contributed by atoms with Gasteiger partial charge in [0.05, 0.1) is 0 Å². The van der Waals surface area contributed by atoms with Crippen LogP contribution in [-0.2, 0) is 6.54 Å². The Kier molecular flexibility index (Phi) is 4.92. The van der Waals surface area contributed by atoms with E-state index in [0.29, 0.717) is 5.41 Å². The second kappa shape index (κ2) is 6.35. The van der Waals surface area contributed by atoms with E-state index in [-0.39, 0.29) is 0 Å². The fourth-order valence-electron chi connectivity index (χ4n) is 3.46. The standard InChI is InChI=1S/C18H31N3/c1-13-11-14(2)20-17(16(13)12-19-6)21-9-7-15(8-10-21)18(3,4)5/h11,15,19H,7-10,12H2,1-6H3. The van der Waals surface area contributed by atoms with Crippen molar-refractivity contribution in [1.82, 2.24) is 10.3 Å². The molecule has 1 N–H and O–H groups in total. The SMILES string of the molecule is CNCc1c(C)cc(C)nc1N1CCC(C(C)(C)C)CC1. The highest BCUT2D eigenvalue weighted by molar-refractivity contribution is 5.52. The van der Waals surface area contributed by atoms with Crippen molar-refractivity contribution < 1.29 is 0 Å². The number of piperidine rings is 1. The van der Waals surface area contributed by atoms with Gasteiger partial charge in [0.1, 0.15) is 5.82 Å². The van der Waals surface area contributed by atoms with Gasteiger partial charge >= 0.3 is 0 Å². The van der Waals surface area contributed by atoms with Crippen molar-refractivity contribution in [2.24, 2.45) is 11.3 Å². The van der Waals surface area contributed by atoms with E-state index in [4.69, 9.17) is 4.98 Å². The molecule has 1 aromatic rings. The van der Waals surface area contributed by atoms with Crippen molar-refractivity contribution >= 4 is 5.82 Å². The number of nitrogens with zero attached hydrogens (tertiary/aromatic N) is 2. The van der Waals surface area contributed by atoms with Crippen LogP contribution in [0.5, 0.6) is 0 Å². The summed E-state index contributed by atoms with van der Waals surface area (Å²) in [5.74, 6) is 2.03. The van der Waals surface area contributed by atoms with Crippen LogP contribution in [0.15, 0.2) is 6.07 Å². The Bertz CT molecular complexity index is 480. The number of rotatable bonds is 3. The van der Waals surface area contributed by atoms with E-state index < -0.39 is 0 Å². The highest BCUT2D eigenvalue weighted by Crippen LogP contribution is 2.36. The first-order chi connectivity index (χ1) is 9.82. The fourth-order valence-corrected chi connectivity index (χ4v) is 3.46. The first-order valence-corrected chi connectivity index (χ1v) is 8.19. The number of nitrogens with one attached hydrogen (secondary N) is 1. The van der Waals surface area contributed by atoms with Crippen molar-refractivity contribution in [3.63, 3.8) is 0 Å². The van der Waals surface area contributed by atoms with Gasteiger partial charge in [0, 0.05) is 30.9 Å². The smallest absolute Gasteiger partial charge is 0.133 e. The third-order valence-electron chi connectivity index (χ3n) is 4.83. The Labute approximate surface area is 130 Å². The van der Waals surface area contributed by atoms with Crippen LogP contribution in [0.1, 0.15) is 50.4 Å². The van der Waals surface area contributed by atoms with Gasteiger partial charge in [0.25, 0.3) is 0 Å². The summed E-state index contributed by atoms with van der Waals surface area (Å²) in [6.45, 7) is 14.6. The zero-order valence-corrected chi connectivity index (χ0v) is 14.6. The molecule has 0 unspecified atom stereocenters. The third kappa shape index (κ3) is 3.76. The van der Waals surface area contributed by atoms with Crippen LogP contribution < -0.4 is 10.2 Å². The number of pyridine rings is 1. The summed E-state index contributed by atoms with van der Waals surface area (Å²) in [6.07, 6.45) is 2.55. The Hall–Kier alpha value is -1.09. The van der Waals surface area contributed by atoms with Gasteiger partial charge in [-0.05, 0) is 56.7 Å². The van der Waals surface area contributed by atoms with Crippen LogP contribution in [0.2, 0.25) is 0 Å². The highest BCUT2D eigenvalue weighted by Gasteiger charge is 2.30. The molecule has 0 atom stereocenters. The first-order valence-electron chi connectivity index (χ1n) is 8.19. The van der Waals surface area contributed by atoms with Gasteiger partial charge in [0.15, 0.2) is 0 Å². The van der Waals surface area contributed by atoms with E-state index in [0.717, 1.165) is 31.2 Å². The third-order valence-corrected chi connectivity index (χ3v) is 4.83. The number of anilines is 1. The lowest BCUT2D eigenvalue weighted by Gasteiger charge is -2.40. The Morgan fingerprint density at radius 2 is 1.86 bits per heavy atom. The number of hydrogen-bond donors (Lipinski definition) is 1. The molecule has 1 aliphatic heterocycles. The molecule has 0 saturated carbocycles. The lowest BCUT2D eigenvalue weighted by molar-refractivity contribution is 0.198. The zero-order chi connectivity index (χ0) is 15.6. The molecule has 0 bridgehead atoms. The molecule has 1 saturated heterocycles. The van der Waals surface area contributed by atoms with Crippen LogP contribution >= 0.6 is 0 Å². The zero-order valence-electron chi connectivity index (χ0n) is 14.6. The number of aryl methyl sites for hydroxylation is 2. The molecule has 2 heterocycles. The minimum Gasteiger partial charge on any atom is -0.356 e. The summed E-state index contributed by atoms with van der Waals surface area (Å²) in [7, 11) is 2.01. The van der Waals surface area contributed by atoms with Gasteiger partial charge in [-0.3, -0.25) is 0 Å². The largest absolute Gasteiger partial charge is 0.356 e. The van der Waals surface area contributed by atoms with Crippen molar-refractivity contribution in [2.75, 3.05) is 25.0 Å². The van der Waals surface area contributed by atoms with Gasteiger partial charge in [-0.15, -0.1) is 0 Å². The second-order valence-electron chi connectivity index (χ2n) is 7.54. The molecule has 21 heavy (non-hydrogen) atoms. The van der Waals surface area contributed by atoms with E-state index >= 15 is 0 Å². The maximum atomic E-state index is 4.85. The Balaban J connectivity index is 2.20. The summed E-state index contributed by atoms with van der Waals surface area (Å²) >= 11 is 0. The lowest BCUT2D eigenvalue weighted by Crippen LogP contribution is -2.39. The number of hydrogen-bond acceptors (Lipinski definition) is 3. The summed E-state index contributed by atoms with van der Waals surface area (Å²) in [6, 6.07) is 2.19. The van der Waals surface area contributed by atoms with Crippen LogP contribution in [0.4, 0.5) is 5.82 Å². The van der Waals surface area contributed by atoms with Crippen LogP contribution in [0, 0.1) is 25.2 Å². The normalized spacial score (nSPS) is 17.3. The van der Waals surface area contributed by atoms with E-state index in [1.165, 1.54) is 29.8 Å². The average molecular weight is 289 g/mol. The molecule has 2 rings (SSSR count). The molecule has 1 fully saturated rings. The lowest BCUT2D eigenvalue weighted by atomic mass is 9.75. The molecule has 1 aliphatic rings. The fraction of sp³-hybridized carbons (Fsp3) is 0.722. The van der Waals surface area contributed by atoms with E-state index in [2.05, 4.69) is 50.9 Å². The predicted octanol–water partition coefficient (Wildman–Crippen LogP) is 3.68. The highest BCUT2D eigenvalue weighted by atomic mass is 15.2. The molecule has 0 radical (unpaired) electrons. The van der Waals surface area contributed by atoms with Gasteiger partial charge in [0.2, 0.25) is 0 Å². The minimum absolute atomic E-state index is 0.426. The molecule has 1 aromatic heterocycles. The van der Waals surface area contributed by atoms with E-state index in [9.17, 15) is 0 Å². The molecule has 0 amide bonds. The van der Waals surface area contributed by atoms with Crippen LogP contribution in [0.3, 0.4) is 0 Å². The summed E-state index contributed by atoms with van der Waals surface area (Å²) in [5, 5.41) is 3.29. The van der Waals surface area contributed by atoms with Gasteiger partial charge in [-0.1, -0.05) is 20.8 Å². The summed E-state index contributed by atoms with van der Waals surface area (Å²) in [5.41, 5.74) is 4.26. The first kappa shape index (κ1) is 16.3. The molecule has 3 nitrogen and oxygen atoms in total. The Morgan fingerprint density at radius 1 is 1.24 bits per heavy atom. The minimum atomic E-state index is 0.426. The maximum Gasteiger partial charge on any atom is 0.133 e. The van der Waals surface area contributed by atoms with E-state index in [1.54, 1.807) is 0 Å². The molecule has 3 heteroatoms. The van der Waals surface area contributed by atoms with Crippen molar-refractivity contribution in [3.8, 4) is 0 Å². The summed E-state index contributed by atoms with van der Waals surface area (Å²) < 4.78 is 0.